The normalized spacial score (nSPS) is 24.1. The van der Waals surface area contributed by atoms with E-state index in [-0.39, 0.29) is 11.9 Å². The first-order valence-electron chi connectivity index (χ1n) is 6.50. The summed E-state index contributed by atoms with van der Waals surface area (Å²) in [5.41, 5.74) is 2.30. The molecular weight excluding hydrogens is 202 g/mol. The van der Waals surface area contributed by atoms with Gasteiger partial charge in [0.15, 0.2) is 0 Å². The number of piperidine rings is 1. The molecule has 1 aliphatic heterocycles. The molecule has 0 aromatic carbocycles. The van der Waals surface area contributed by atoms with Crippen LogP contribution in [0.15, 0.2) is 0 Å². The van der Waals surface area contributed by atoms with Crippen molar-refractivity contribution in [3.8, 4) is 0 Å². The van der Waals surface area contributed by atoms with E-state index in [1.165, 1.54) is 32.1 Å². The number of likely N-dealkylation sites (tertiary alicyclic amines) is 1. The Morgan fingerprint density at radius 1 is 1.50 bits per heavy atom. The predicted octanol–water partition coefficient (Wildman–Crippen LogP) is 1.41. The number of carbonyl (C=O) groups is 1. The lowest BCUT2D eigenvalue weighted by Crippen LogP contribution is -2.54. The molecule has 0 spiro atoms. The van der Waals surface area contributed by atoms with Gasteiger partial charge in [-0.25, -0.2) is 5.84 Å². The van der Waals surface area contributed by atoms with Gasteiger partial charge in [0.05, 0.1) is 6.04 Å². The minimum Gasteiger partial charge on any atom is -0.293 e. The molecule has 1 aliphatic rings. The summed E-state index contributed by atoms with van der Waals surface area (Å²) >= 11 is 0. The summed E-state index contributed by atoms with van der Waals surface area (Å²) in [6.07, 6.45) is 6.93. The quantitative estimate of drug-likeness (QED) is 0.424. The van der Waals surface area contributed by atoms with Crippen molar-refractivity contribution in [2.24, 2.45) is 5.84 Å². The third-order valence-corrected chi connectivity index (χ3v) is 3.53. The van der Waals surface area contributed by atoms with Crippen molar-refractivity contribution in [1.29, 1.82) is 0 Å². The lowest BCUT2D eigenvalue weighted by atomic mass is 9.95. The molecule has 0 aromatic rings. The Morgan fingerprint density at radius 3 is 2.81 bits per heavy atom. The van der Waals surface area contributed by atoms with Gasteiger partial charge in [0.2, 0.25) is 0 Å². The van der Waals surface area contributed by atoms with Gasteiger partial charge in [-0.1, -0.05) is 26.7 Å². The number of carbonyl (C=O) groups excluding carboxylic acids is 1. The first-order valence-corrected chi connectivity index (χ1v) is 6.50. The number of hydrazine groups is 1. The maximum atomic E-state index is 11.7. The van der Waals surface area contributed by atoms with E-state index in [1.807, 2.05) is 0 Å². The number of hydrogen-bond acceptors (Lipinski definition) is 3. The van der Waals surface area contributed by atoms with Crippen molar-refractivity contribution in [3.63, 3.8) is 0 Å². The summed E-state index contributed by atoms with van der Waals surface area (Å²) in [5, 5.41) is 0. The molecule has 4 heteroatoms. The van der Waals surface area contributed by atoms with Gasteiger partial charge in [-0.05, 0) is 32.2 Å². The Morgan fingerprint density at radius 2 is 2.25 bits per heavy atom. The van der Waals surface area contributed by atoms with Crippen LogP contribution in [-0.4, -0.2) is 29.4 Å². The number of rotatable bonds is 5. The minimum absolute atomic E-state index is 0.0366. The molecule has 94 valence electrons. The van der Waals surface area contributed by atoms with Crippen molar-refractivity contribution >= 4 is 5.91 Å². The molecule has 0 radical (unpaired) electrons. The maximum Gasteiger partial charge on any atom is 0.251 e. The van der Waals surface area contributed by atoms with E-state index in [2.05, 4.69) is 24.2 Å². The van der Waals surface area contributed by atoms with Crippen molar-refractivity contribution < 1.29 is 4.79 Å². The van der Waals surface area contributed by atoms with E-state index in [0.29, 0.717) is 6.04 Å². The van der Waals surface area contributed by atoms with Gasteiger partial charge in [-0.3, -0.25) is 15.1 Å². The summed E-state index contributed by atoms with van der Waals surface area (Å²) < 4.78 is 0. The zero-order valence-corrected chi connectivity index (χ0v) is 10.5. The molecule has 1 rings (SSSR count). The molecule has 2 unspecified atom stereocenters. The van der Waals surface area contributed by atoms with Crippen molar-refractivity contribution in [2.75, 3.05) is 6.54 Å². The zero-order valence-electron chi connectivity index (χ0n) is 10.5. The Labute approximate surface area is 98.5 Å². The molecule has 1 heterocycles. The van der Waals surface area contributed by atoms with Crippen LogP contribution in [0.2, 0.25) is 0 Å². The summed E-state index contributed by atoms with van der Waals surface area (Å²) in [7, 11) is 0. The lowest BCUT2D eigenvalue weighted by Gasteiger charge is -2.40. The second-order valence-corrected chi connectivity index (χ2v) is 4.61. The molecule has 0 aliphatic carbocycles. The number of hydrogen-bond donors (Lipinski definition) is 2. The smallest absolute Gasteiger partial charge is 0.251 e. The average molecular weight is 227 g/mol. The number of nitrogens with zero attached hydrogens (tertiary/aromatic N) is 1. The van der Waals surface area contributed by atoms with Crippen LogP contribution in [0.1, 0.15) is 52.4 Å². The molecule has 3 N–H and O–H groups in total. The molecule has 1 fully saturated rings. The van der Waals surface area contributed by atoms with Gasteiger partial charge in [0.25, 0.3) is 5.91 Å². The van der Waals surface area contributed by atoms with Crippen LogP contribution in [0.3, 0.4) is 0 Å². The fourth-order valence-corrected chi connectivity index (χ4v) is 2.74. The zero-order chi connectivity index (χ0) is 12.0. The highest BCUT2D eigenvalue weighted by Crippen LogP contribution is 2.24. The van der Waals surface area contributed by atoms with E-state index >= 15 is 0 Å². The Hall–Kier alpha value is -0.610. The minimum atomic E-state index is -0.0400. The Balaban J connectivity index is 2.67. The van der Waals surface area contributed by atoms with Crippen molar-refractivity contribution in [2.45, 2.75) is 64.5 Å². The summed E-state index contributed by atoms with van der Waals surface area (Å²) in [6.45, 7) is 5.30. The van der Waals surface area contributed by atoms with Crippen molar-refractivity contribution in [1.82, 2.24) is 10.3 Å². The van der Waals surface area contributed by atoms with E-state index in [9.17, 15) is 4.79 Å². The van der Waals surface area contributed by atoms with Gasteiger partial charge in [0.1, 0.15) is 0 Å². The third-order valence-electron chi connectivity index (χ3n) is 3.53. The van der Waals surface area contributed by atoms with Crippen LogP contribution in [0.4, 0.5) is 0 Å². The fraction of sp³-hybridized carbons (Fsp3) is 0.917. The topological polar surface area (TPSA) is 58.4 Å². The van der Waals surface area contributed by atoms with Crippen LogP contribution in [0.5, 0.6) is 0 Å². The molecule has 0 saturated carbocycles. The van der Waals surface area contributed by atoms with E-state index < -0.39 is 0 Å². The average Bonchev–Trinajstić information content (AvgIpc) is 2.32. The molecule has 1 amide bonds. The Kier molecular flexibility index (Phi) is 5.77. The summed E-state index contributed by atoms with van der Waals surface area (Å²) in [6, 6.07) is 0.530. The lowest BCUT2D eigenvalue weighted by molar-refractivity contribution is -0.128. The molecule has 0 aromatic heterocycles. The SMILES string of the molecule is CCCC1CCCCN1C(CC)C(=O)NN. The molecular formula is C12H25N3O. The third kappa shape index (κ3) is 3.19. The van der Waals surface area contributed by atoms with E-state index in [0.717, 1.165) is 13.0 Å². The van der Waals surface area contributed by atoms with Crippen LogP contribution >= 0.6 is 0 Å². The monoisotopic (exact) mass is 227 g/mol. The second kappa shape index (κ2) is 6.86. The van der Waals surface area contributed by atoms with Crippen LogP contribution < -0.4 is 11.3 Å². The molecule has 16 heavy (non-hydrogen) atoms. The van der Waals surface area contributed by atoms with Gasteiger partial charge in [-0.2, -0.15) is 0 Å². The van der Waals surface area contributed by atoms with Gasteiger partial charge >= 0.3 is 0 Å². The highest BCUT2D eigenvalue weighted by Gasteiger charge is 2.31. The fourth-order valence-electron chi connectivity index (χ4n) is 2.74. The first-order chi connectivity index (χ1) is 7.74. The maximum absolute atomic E-state index is 11.7. The number of nitrogens with one attached hydrogen (secondary N) is 1. The van der Waals surface area contributed by atoms with Crippen molar-refractivity contribution in [3.05, 3.63) is 0 Å². The predicted molar refractivity (Wildman–Crippen MR) is 65.7 cm³/mol. The summed E-state index contributed by atoms with van der Waals surface area (Å²) in [4.78, 5) is 14.1. The molecule has 2 atom stereocenters. The van der Waals surface area contributed by atoms with Gasteiger partial charge in [-0.15, -0.1) is 0 Å². The first kappa shape index (κ1) is 13.5. The second-order valence-electron chi connectivity index (χ2n) is 4.61. The van der Waals surface area contributed by atoms with E-state index in [4.69, 9.17) is 5.84 Å². The highest BCUT2D eigenvalue weighted by atomic mass is 16.2. The van der Waals surface area contributed by atoms with E-state index in [1.54, 1.807) is 0 Å². The molecule has 4 nitrogen and oxygen atoms in total. The number of nitrogens with two attached hydrogens (primary N) is 1. The number of amides is 1. The van der Waals surface area contributed by atoms with Gasteiger partial charge < -0.3 is 0 Å². The Bertz CT molecular complexity index is 218. The standard InChI is InChI=1S/C12H25N3O/c1-3-7-10-8-5-6-9-15(10)11(4-2)12(16)14-13/h10-11H,3-9,13H2,1-2H3,(H,14,16). The summed E-state index contributed by atoms with van der Waals surface area (Å²) in [5.74, 6) is 5.21. The molecule has 1 saturated heterocycles. The van der Waals surface area contributed by atoms with Gasteiger partial charge in [0, 0.05) is 6.04 Å². The highest BCUT2D eigenvalue weighted by molar-refractivity contribution is 5.81. The largest absolute Gasteiger partial charge is 0.293 e. The van der Waals surface area contributed by atoms with Crippen LogP contribution in [0.25, 0.3) is 0 Å². The van der Waals surface area contributed by atoms with Crippen LogP contribution in [0, 0.1) is 0 Å². The van der Waals surface area contributed by atoms with Crippen LogP contribution in [-0.2, 0) is 4.79 Å². The molecule has 0 bridgehead atoms.